The van der Waals surface area contributed by atoms with Gasteiger partial charge in [0.2, 0.25) is 0 Å². The fourth-order valence-electron chi connectivity index (χ4n) is 4.11. The van der Waals surface area contributed by atoms with Gasteiger partial charge in [0.1, 0.15) is 16.5 Å². The smallest absolute Gasteiger partial charge is 0.275 e. The minimum Gasteiger partial charge on any atom is -0.493 e. The molecule has 0 aliphatic carbocycles. The average molecular weight is 476 g/mol. The maximum Gasteiger partial charge on any atom is 0.275 e. The molecule has 0 spiro atoms. The molecule has 3 heterocycles. The summed E-state index contributed by atoms with van der Waals surface area (Å²) in [5.41, 5.74) is 2.84. The lowest BCUT2D eigenvalue weighted by atomic mass is 10.2. The van der Waals surface area contributed by atoms with Gasteiger partial charge in [0.15, 0.2) is 17.3 Å². The lowest BCUT2D eigenvalue weighted by Crippen LogP contribution is -2.12. The van der Waals surface area contributed by atoms with E-state index in [1.807, 2.05) is 42.5 Å². The zero-order valence-corrected chi connectivity index (χ0v) is 19.9. The van der Waals surface area contributed by atoms with Crippen molar-refractivity contribution < 1.29 is 14.3 Å². The molecule has 1 aliphatic heterocycles. The van der Waals surface area contributed by atoms with Gasteiger partial charge in [0.05, 0.1) is 14.2 Å². The Labute approximate surface area is 201 Å². The van der Waals surface area contributed by atoms with Crippen molar-refractivity contribution in [1.82, 2.24) is 19.7 Å². The van der Waals surface area contributed by atoms with Crippen molar-refractivity contribution in [3.8, 4) is 33.5 Å². The first-order valence-corrected chi connectivity index (χ1v) is 12.1. The van der Waals surface area contributed by atoms with Crippen LogP contribution in [-0.4, -0.2) is 39.9 Å². The van der Waals surface area contributed by atoms with E-state index in [0.717, 1.165) is 53.6 Å². The van der Waals surface area contributed by atoms with Crippen molar-refractivity contribution in [3.63, 3.8) is 0 Å². The van der Waals surface area contributed by atoms with Crippen molar-refractivity contribution in [1.29, 1.82) is 0 Å². The minimum atomic E-state index is -0.264. The highest BCUT2D eigenvalue weighted by molar-refractivity contribution is 7.13. The predicted octanol–water partition coefficient (Wildman–Crippen LogP) is 5.06. The molecule has 2 aromatic heterocycles. The summed E-state index contributed by atoms with van der Waals surface area (Å²) < 4.78 is 12.9. The molecule has 0 unspecified atom stereocenters. The van der Waals surface area contributed by atoms with E-state index in [4.69, 9.17) is 9.47 Å². The number of carbonyl (C=O) groups excluding carboxylic acids is 1. The number of hydrogen-bond acceptors (Lipinski definition) is 7. The first-order chi connectivity index (χ1) is 16.7. The van der Waals surface area contributed by atoms with Crippen LogP contribution in [0.1, 0.15) is 35.6 Å². The van der Waals surface area contributed by atoms with Crippen LogP contribution in [0, 0.1) is 0 Å². The van der Waals surface area contributed by atoms with Gasteiger partial charge in [-0.15, -0.1) is 21.5 Å². The number of thiazole rings is 1. The van der Waals surface area contributed by atoms with E-state index in [0.29, 0.717) is 22.9 Å². The van der Waals surface area contributed by atoms with Crippen LogP contribution in [0.3, 0.4) is 0 Å². The van der Waals surface area contributed by atoms with Gasteiger partial charge in [-0.2, -0.15) is 0 Å². The number of hydrogen-bond donors (Lipinski definition) is 1. The first-order valence-electron chi connectivity index (χ1n) is 11.2. The van der Waals surface area contributed by atoms with E-state index in [1.54, 1.807) is 19.6 Å². The molecule has 5 rings (SSSR count). The molecule has 8 nitrogen and oxygen atoms in total. The number of amides is 1. The summed E-state index contributed by atoms with van der Waals surface area (Å²) in [7, 11) is 3.19. The second kappa shape index (κ2) is 9.64. The topological polar surface area (TPSA) is 91.2 Å². The molecule has 0 fully saturated rings. The van der Waals surface area contributed by atoms with Crippen molar-refractivity contribution in [3.05, 3.63) is 59.4 Å². The Morgan fingerprint density at radius 1 is 1.00 bits per heavy atom. The highest BCUT2D eigenvalue weighted by Crippen LogP contribution is 2.33. The third kappa shape index (κ3) is 4.38. The standard InChI is InChI=1S/C25H25N5O3S/c1-32-20-11-10-17(14-21(20)33-2)25-27-19(15-34-25)24(31)26-18-8-6-7-16(13-18)23-29-28-22-9-4-3-5-12-30(22)23/h6-8,10-11,13-15H,3-5,9,12H2,1-2H3,(H,26,31). The lowest BCUT2D eigenvalue weighted by molar-refractivity contribution is 0.102. The fourth-order valence-corrected chi connectivity index (χ4v) is 4.91. The van der Waals surface area contributed by atoms with E-state index in [2.05, 4.69) is 25.1 Å². The summed E-state index contributed by atoms with van der Waals surface area (Å²) in [4.78, 5) is 17.4. The number of fused-ring (bicyclic) bond motifs is 1. The number of methoxy groups -OCH3 is 2. The monoisotopic (exact) mass is 475 g/mol. The Hall–Kier alpha value is -3.72. The lowest BCUT2D eigenvalue weighted by Gasteiger charge is -2.09. The Balaban J connectivity index is 1.34. The SMILES string of the molecule is COc1ccc(-c2nc(C(=O)Nc3cccc(-c4nnc5n4CCCCC5)c3)cs2)cc1OC. The number of ether oxygens (including phenoxy) is 2. The number of anilines is 1. The third-order valence-corrected chi connectivity index (χ3v) is 6.75. The summed E-state index contributed by atoms with van der Waals surface area (Å²) in [6, 6.07) is 13.3. The second-order valence-corrected chi connectivity index (χ2v) is 8.90. The van der Waals surface area contributed by atoms with Gasteiger partial charge in [0, 0.05) is 35.2 Å². The van der Waals surface area contributed by atoms with Crippen LogP contribution >= 0.6 is 11.3 Å². The molecule has 2 aromatic carbocycles. The van der Waals surface area contributed by atoms with Gasteiger partial charge in [-0.3, -0.25) is 4.79 Å². The van der Waals surface area contributed by atoms with Crippen molar-refractivity contribution >= 4 is 22.9 Å². The molecule has 1 amide bonds. The van der Waals surface area contributed by atoms with Crippen molar-refractivity contribution in [2.24, 2.45) is 0 Å². The Kier molecular flexibility index (Phi) is 6.27. The maximum absolute atomic E-state index is 12.9. The Morgan fingerprint density at radius 2 is 1.88 bits per heavy atom. The fraction of sp³-hybridized carbons (Fsp3) is 0.280. The van der Waals surface area contributed by atoms with Crippen LogP contribution in [0.15, 0.2) is 47.8 Å². The van der Waals surface area contributed by atoms with Gasteiger partial charge in [-0.05, 0) is 43.2 Å². The summed E-state index contributed by atoms with van der Waals surface area (Å²) >= 11 is 1.40. The highest BCUT2D eigenvalue weighted by Gasteiger charge is 2.18. The van der Waals surface area contributed by atoms with Crippen LogP contribution in [-0.2, 0) is 13.0 Å². The van der Waals surface area contributed by atoms with Crippen molar-refractivity contribution in [2.75, 3.05) is 19.5 Å². The first kappa shape index (κ1) is 22.1. The van der Waals surface area contributed by atoms with E-state index in [9.17, 15) is 4.79 Å². The van der Waals surface area contributed by atoms with Crippen LogP contribution in [0.2, 0.25) is 0 Å². The largest absolute Gasteiger partial charge is 0.493 e. The Morgan fingerprint density at radius 3 is 2.74 bits per heavy atom. The zero-order valence-electron chi connectivity index (χ0n) is 19.1. The normalized spacial score (nSPS) is 13.1. The molecule has 0 radical (unpaired) electrons. The van der Waals surface area contributed by atoms with Crippen LogP contribution in [0.5, 0.6) is 11.5 Å². The zero-order chi connectivity index (χ0) is 23.5. The molecular weight excluding hydrogens is 450 g/mol. The van der Waals surface area contributed by atoms with E-state index in [-0.39, 0.29) is 5.91 Å². The van der Waals surface area contributed by atoms with E-state index >= 15 is 0 Å². The van der Waals surface area contributed by atoms with Crippen molar-refractivity contribution in [2.45, 2.75) is 32.2 Å². The third-order valence-electron chi connectivity index (χ3n) is 5.86. The number of rotatable bonds is 6. The number of carbonyl (C=O) groups is 1. The van der Waals surface area contributed by atoms with E-state index in [1.165, 1.54) is 17.8 Å². The summed E-state index contributed by atoms with van der Waals surface area (Å²) in [6.45, 7) is 0.923. The molecule has 174 valence electrons. The van der Waals surface area contributed by atoms with Crippen LogP contribution in [0.4, 0.5) is 5.69 Å². The van der Waals surface area contributed by atoms with E-state index < -0.39 is 0 Å². The number of benzene rings is 2. The van der Waals surface area contributed by atoms with Crippen LogP contribution < -0.4 is 14.8 Å². The van der Waals surface area contributed by atoms with Gasteiger partial charge >= 0.3 is 0 Å². The Bertz CT molecular complexity index is 1330. The number of nitrogens with zero attached hydrogens (tertiary/aromatic N) is 4. The number of aromatic nitrogens is 4. The predicted molar refractivity (Wildman–Crippen MR) is 132 cm³/mol. The molecule has 0 atom stereocenters. The molecule has 1 N–H and O–H groups in total. The summed E-state index contributed by atoms with van der Waals surface area (Å²) in [5, 5.41) is 14.3. The maximum atomic E-state index is 12.9. The molecule has 0 saturated heterocycles. The minimum absolute atomic E-state index is 0.264. The summed E-state index contributed by atoms with van der Waals surface area (Å²) in [6.07, 6.45) is 4.43. The van der Waals surface area contributed by atoms with Gasteiger partial charge in [-0.25, -0.2) is 4.98 Å². The van der Waals surface area contributed by atoms with Gasteiger partial charge in [0.25, 0.3) is 5.91 Å². The van der Waals surface area contributed by atoms with Crippen LogP contribution in [0.25, 0.3) is 22.0 Å². The molecule has 34 heavy (non-hydrogen) atoms. The molecule has 1 aliphatic rings. The molecular formula is C25H25N5O3S. The molecule has 0 bridgehead atoms. The molecule has 4 aromatic rings. The second-order valence-electron chi connectivity index (χ2n) is 8.04. The molecule has 0 saturated carbocycles. The number of aryl methyl sites for hydroxylation is 1. The van der Waals surface area contributed by atoms with Gasteiger partial charge in [-0.1, -0.05) is 18.6 Å². The van der Waals surface area contributed by atoms with Gasteiger partial charge < -0.3 is 19.4 Å². The summed E-state index contributed by atoms with van der Waals surface area (Å²) in [5.74, 6) is 2.87. The average Bonchev–Trinajstić information content (AvgIpc) is 3.46. The molecule has 9 heteroatoms. The highest BCUT2D eigenvalue weighted by atomic mass is 32.1. The number of nitrogens with one attached hydrogen (secondary N) is 1. The quantitative estimate of drug-likeness (QED) is 0.419.